The zero-order valence-electron chi connectivity index (χ0n) is 7.63. The molecule has 0 unspecified atom stereocenters. The van der Waals surface area contributed by atoms with Crippen LogP contribution in [0.15, 0.2) is 30.9 Å². The molecule has 70 valence electrons. The Hall–Kier alpha value is -1.15. The molecule has 2 heteroatoms. The van der Waals surface area contributed by atoms with Crippen molar-refractivity contribution in [1.82, 2.24) is 0 Å². The maximum Gasteiger partial charge on any atom is 0.126 e. The zero-order valence-corrected chi connectivity index (χ0v) is 7.63. The van der Waals surface area contributed by atoms with Crippen LogP contribution in [-0.2, 0) is 0 Å². The monoisotopic (exact) mass is 180 g/mol. The van der Waals surface area contributed by atoms with Gasteiger partial charge in [0.25, 0.3) is 0 Å². The van der Waals surface area contributed by atoms with Crippen LogP contribution >= 0.6 is 0 Å². The third-order valence-electron chi connectivity index (χ3n) is 2.06. The second kappa shape index (κ2) is 4.19. The quantitative estimate of drug-likeness (QED) is 0.709. The molecule has 0 aliphatic rings. The number of hydrogen-bond donors (Lipinski definition) is 1. The Labute approximate surface area is 77.5 Å². The van der Waals surface area contributed by atoms with Crippen molar-refractivity contribution in [2.45, 2.75) is 19.4 Å². The number of hydrogen-bond acceptors (Lipinski definition) is 1. The summed E-state index contributed by atoms with van der Waals surface area (Å²) < 4.78 is 13.0. The summed E-state index contributed by atoms with van der Waals surface area (Å²) in [5, 5.41) is 9.59. The van der Waals surface area contributed by atoms with Crippen molar-refractivity contribution in [3.05, 3.63) is 47.8 Å². The highest BCUT2D eigenvalue weighted by molar-refractivity contribution is 5.29. The van der Waals surface area contributed by atoms with Crippen LogP contribution in [0.25, 0.3) is 0 Å². The van der Waals surface area contributed by atoms with Crippen molar-refractivity contribution in [2.75, 3.05) is 0 Å². The van der Waals surface area contributed by atoms with Crippen LogP contribution in [0.4, 0.5) is 4.39 Å². The molecule has 1 aromatic carbocycles. The Bertz CT molecular complexity index is 307. The molecule has 0 aromatic heterocycles. The molecule has 0 aliphatic carbocycles. The predicted octanol–water partition coefficient (Wildman–Crippen LogP) is 2.74. The van der Waals surface area contributed by atoms with Crippen LogP contribution in [0.2, 0.25) is 0 Å². The number of rotatable bonds is 3. The van der Waals surface area contributed by atoms with Crippen LogP contribution in [0, 0.1) is 12.7 Å². The summed E-state index contributed by atoms with van der Waals surface area (Å²) in [4.78, 5) is 0. The van der Waals surface area contributed by atoms with E-state index in [2.05, 4.69) is 6.58 Å². The van der Waals surface area contributed by atoms with Crippen LogP contribution < -0.4 is 0 Å². The molecule has 1 N–H and O–H groups in total. The average Bonchev–Trinajstić information content (AvgIpc) is 2.10. The van der Waals surface area contributed by atoms with Crippen molar-refractivity contribution in [2.24, 2.45) is 0 Å². The first-order valence-electron chi connectivity index (χ1n) is 4.20. The standard InChI is InChI=1S/C11H13FO/c1-3-5-11(13)9-6-4-7-10(12)8(9)2/h3-4,6-7,11,13H,1,5H2,2H3/t11-/m1/s1. The highest BCUT2D eigenvalue weighted by Crippen LogP contribution is 2.22. The van der Waals surface area contributed by atoms with Gasteiger partial charge in [0.05, 0.1) is 6.10 Å². The van der Waals surface area contributed by atoms with Gasteiger partial charge in [-0.1, -0.05) is 18.2 Å². The van der Waals surface area contributed by atoms with Crippen molar-refractivity contribution < 1.29 is 9.50 Å². The van der Waals surface area contributed by atoms with E-state index < -0.39 is 6.10 Å². The van der Waals surface area contributed by atoms with Gasteiger partial charge in [0.15, 0.2) is 0 Å². The molecule has 0 fully saturated rings. The van der Waals surface area contributed by atoms with Gasteiger partial charge < -0.3 is 5.11 Å². The number of aliphatic hydroxyl groups is 1. The summed E-state index contributed by atoms with van der Waals surface area (Å²) in [6.45, 7) is 5.19. The maximum atomic E-state index is 13.0. The Morgan fingerprint density at radius 1 is 1.62 bits per heavy atom. The van der Waals surface area contributed by atoms with E-state index >= 15 is 0 Å². The molecular weight excluding hydrogens is 167 g/mol. The average molecular weight is 180 g/mol. The van der Waals surface area contributed by atoms with E-state index in [0.29, 0.717) is 17.5 Å². The van der Waals surface area contributed by atoms with Crippen LogP contribution in [0.3, 0.4) is 0 Å². The first kappa shape index (κ1) is 9.93. The molecule has 0 aliphatic heterocycles. The molecule has 13 heavy (non-hydrogen) atoms. The zero-order chi connectivity index (χ0) is 9.84. The summed E-state index contributed by atoms with van der Waals surface area (Å²) >= 11 is 0. The normalized spacial score (nSPS) is 12.5. The van der Waals surface area contributed by atoms with Crippen molar-refractivity contribution in [3.63, 3.8) is 0 Å². The first-order chi connectivity index (χ1) is 6.16. The molecule has 1 nitrogen and oxygen atoms in total. The topological polar surface area (TPSA) is 20.2 Å². The van der Waals surface area contributed by atoms with E-state index in [1.54, 1.807) is 25.1 Å². The highest BCUT2D eigenvalue weighted by atomic mass is 19.1. The molecule has 0 amide bonds. The molecule has 1 atom stereocenters. The van der Waals surface area contributed by atoms with Crippen molar-refractivity contribution in [1.29, 1.82) is 0 Å². The Balaban J connectivity index is 3.00. The van der Waals surface area contributed by atoms with E-state index in [9.17, 15) is 9.50 Å². The molecular formula is C11H13FO. The molecule has 0 spiro atoms. The van der Waals surface area contributed by atoms with E-state index in [-0.39, 0.29) is 5.82 Å². The van der Waals surface area contributed by atoms with Gasteiger partial charge in [-0.2, -0.15) is 0 Å². The lowest BCUT2D eigenvalue weighted by Crippen LogP contribution is -2.00. The largest absolute Gasteiger partial charge is 0.388 e. The second-order valence-electron chi connectivity index (χ2n) is 2.99. The predicted molar refractivity (Wildman–Crippen MR) is 50.9 cm³/mol. The van der Waals surface area contributed by atoms with Gasteiger partial charge >= 0.3 is 0 Å². The minimum absolute atomic E-state index is 0.277. The summed E-state index contributed by atoms with van der Waals surface area (Å²) in [7, 11) is 0. The van der Waals surface area contributed by atoms with Crippen LogP contribution in [-0.4, -0.2) is 5.11 Å². The summed E-state index contributed by atoms with van der Waals surface area (Å²) in [5.41, 5.74) is 1.15. The summed E-state index contributed by atoms with van der Waals surface area (Å²) in [5.74, 6) is -0.277. The third kappa shape index (κ3) is 2.16. The third-order valence-corrected chi connectivity index (χ3v) is 2.06. The smallest absolute Gasteiger partial charge is 0.126 e. The van der Waals surface area contributed by atoms with E-state index in [1.807, 2.05) is 0 Å². The van der Waals surface area contributed by atoms with Crippen LogP contribution in [0.5, 0.6) is 0 Å². The number of benzene rings is 1. The van der Waals surface area contributed by atoms with Gasteiger partial charge in [0.2, 0.25) is 0 Å². The molecule has 0 saturated heterocycles. The minimum Gasteiger partial charge on any atom is -0.388 e. The van der Waals surface area contributed by atoms with Gasteiger partial charge in [0.1, 0.15) is 5.82 Å². The van der Waals surface area contributed by atoms with E-state index in [0.717, 1.165) is 0 Å². The molecule has 1 aromatic rings. The lowest BCUT2D eigenvalue weighted by Gasteiger charge is -2.11. The van der Waals surface area contributed by atoms with Gasteiger partial charge in [0, 0.05) is 0 Å². The Morgan fingerprint density at radius 2 is 2.31 bits per heavy atom. The fourth-order valence-corrected chi connectivity index (χ4v) is 1.27. The SMILES string of the molecule is C=CC[C@@H](O)c1cccc(F)c1C. The van der Waals surface area contributed by atoms with Gasteiger partial charge in [-0.05, 0) is 30.5 Å². The summed E-state index contributed by atoms with van der Waals surface area (Å²) in [6, 6.07) is 4.72. The number of halogens is 1. The van der Waals surface area contributed by atoms with Gasteiger partial charge in [-0.3, -0.25) is 0 Å². The number of aliphatic hydroxyl groups excluding tert-OH is 1. The Kier molecular flexibility index (Phi) is 3.20. The van der Waals surface area contributed by atoms with Gasteiger partial charge in [-0.25, -0.2) is 4.39 Å². The highest BCUT2D eigenvalue weighted by Gasteiger charge is 2.10. The van der Waals surface area contributed by atoms with E-state index in [4.69, 9.17) is 0 Å². The molecule has 0 saturated carbocycles. The fourth-order valence-electron chi connectivity index (χ4n) is 1.27. The summed E-state index contributed by atoms with van der Waals surface area (Å²) in [6.07, 6.45) is 1.42. The maximum absolute atomic E-state index is 13.0. The van der Waals surface area contributed by atoms with Crippen molar-refractivity contribution in [3.8, 4) is 0 Å². The van der Waals surface area contributed by atoms with Gasteiger partial charge in [-0.15, -0.1) is 6.58 Å². The Morgan fingerprint density at radius 3 is 2.92 bits per heavy atom. The molecule has 0 bridgehead atoms. The molecule has 0 radical (unpaired) electrons. The van der Waals surface area contributed by atoms with E-state index in [1.165, 1.54) is 6.07 Å². The second-order valence-corrected chi connectivity index (χ2v) is 2.99. The minimum atomic E-state index is -0.645. The van der Waals surface area contributed by atoms with Crippen molar-refractivity contribution >= 4 is 0 Å². The fraction of sp³-hybridized carbons (Fsp3) is 0.273. The molecule has 1 rings (SSSR count). The lowest BCUT2D eigenvalue weighted by molar-refractivity contribution is 0.180. The first-order valence-corrected chi connectivity index (χ1v) is 4.20. The van der Waals surface area contributed by atoms with Crippen LogP contribution in [0.1, 0.15) is 23.7 Å². The lowest BCUT2D eigenvalue weighted by atomic mass is 10.0. The molecule has 0 heterocycles.